The van der Waals surface area contributed by atoms with Gasteiger partial charge >= 0.3 is 5.97 Å². The molecule has 0 heterocycles. The Bertz CT molecular complexity index is 408. The lowest BCUT2D eigenvalue weighted by Gasteiger charge is -2.07. The van der Waals surface area contributed by atoms with Crippen LogP contribution in [-0.4, -0.2) is 22.3 Å². The van der Waals surface area contributed by atoms with Gasteiger partial charge in [0.2, 0.25) is 5.91 Å². The van der Waals surface area contributed by atoms with Crippen LogP contribution in [-0.2, 0) is 4.79 Å². The van der Waals surface area contributed by atoms with E-state index in [1.807, 2.05) is 0 Å². The number of carboxylic acid groups (broad SMARTS) is 1. The fourth-order valence-corrected chi connectivity index (χ4v) is 1.17. The molecular formula is C9H7BrFNO3. The van der Waals surface area contributed by atoms with Crippen LogP contribution in [0.3, 0.4) is 0 Å². The van der Waals surface area contributed by atoms with E-state index in [1.165, 1.54) is 12.1 Å². The predicted octanol–water partition coefficient (Wildman–Crippen LogP) is 1.86. The van der Waals surface area contributed by atoms with Crippen molar-refractivity contribution in [1.29, 1.82) is 0 Å². The Hall–Kier alpha value is -1.43. The van der Waals surface area contributed by atoms with Crippen LogP contribution in [0.15, 0.2) is 18.2 Å². The van der Waals surface area contributed by atoms with Gasteiger partial charge in [0.15, 0.2) is 0 Å². The van der Waals surface area contributed by atoms with Crippen LogP contribution in [0.2, 0.25) is 0 Å². The summed E-state index contributed by atoms with van der Waals surface area (Å²) in [5.41, 5.74) is -0.584. The van der Waals surface area contributed by atoms with Crippen molar-refractivity contribution in [3.05, 3.63) is 29.6 Å². The van der Waals surface area contributed by atoms with Gasteiger partial charge in [-0.25, -0.2) is 9.18 Å². The second kappa shape index (κ2) is 4.88. The summed E-state index contributed by atoms with van der Waals surface area (Å²) in [7, 11) is 0. The van der Waals surface area contributed by atoms with E-state index in [4.69, 9.17) is 5.11 Å². The van der Waals surface area contributed by atoms with Crippen LogP contribution in [0.4, 0.5) is 10.1 Å². The van der Waals surface area contributed by atoms with E-state index in [9.17, 15) is 14.0 Å². The third-order valence-electron chi connectivity index (χ3n) is 1.62. The molecular weight excluding hydrogens is 269 g/mol. The van der Waals surface area contributed by atoms with E-state index >= 15 is 0 Å². The van der Waals surface area contributed by atoms with Gasteiger partial charge in [-0.05, 0) is 12.1 Å². The Morgan fingerprint density at radius 2 is 2.13 bits per heavy atom. The number of benzene rings is 1. The molecule has 4 nitrogen and oxygen atoms in total. The maximum atomic E-state index is 13.1. The van der Waals surface area contributed by atoms with Crippen molar-refractivity contribution in [3.8, 4) is 0 Å². The lowest BCUT2D eigenvalue weighted by atomic mass is 10.1. The smallest absolute Gasteiger partial charge is 0.340 e. The second-order valence-corrected chi connectivity index (χ2v) is 3.21. The van der Waals surface area contributed by atoms with Gasteiger partial charge in [-0.15, -0.1) is 0 Å². The highest BCUT2D eigenvalue weighted by Crippen LogP contribution is 2.18. The Kier molecular flexibility index (Phi) is 3.79. The summed E-state index contributed by atoms with van der Waals surface area (Å²) in [6.07, 6.45) is 0. The third-order valence-corrected chi connectivity index (χ3v) is 2.13. The number of anilines is 1. The number of alkyl halides is 1. The zero-order valence-electron chi connectivity index (χ0n) is 7.46. The van der Waals surface area contributed by atoms with E-state index in [-0.39, 0.29) is 11.0 Å². The Morgan fingerprint density at radius 3 is 2.67 bits per heavy atom. The van der Waals surface area contributed by atoms with E-state index < -0.39 is 23.3 Å². The lowest BCUT2D eigenvalue weighted by Crippen LogP contribution is -2.16. The molecule has 1 rings (SSSR count). The Balaban J connectivity index is 3.11. The minimum absolute atomic E-state index is 0.0164. The van der Waals surface area contributed by atoms with Crippen LogP contribution < -0.4 is 5.32 Å². The van der Waals surface area contributed by atoms with Crippen LogP contribution in [0, 0.1) is 5.82 Å². The summed E-state index contributed by atoms with van der Waals surface area (Å²) >= 11 is 2.90. The van der Waals surface area contributed by atoms with Gasteiger partial charge in [0.05, 0.1) is 11.0 Å². The quantitative estimate of drug-likeness (QED) is 0.828. The van der Waals surface area contributed by atoms with Crippen molar-refractivity contribution < 1.29 is 19.1 Å². The van der Waals surface area contributed by atoms with Gasteiger partial charge in [0, 0.05) is 0 Å². The first kappa shape index (κ1) is 11.6. The molecule has 6 heteroatoms. The molecule has 0 aliphatic rings. The van der Waals surface area contributed by atoms with Crippen molar-refractivity contribution >= 4 is 33.5 Å². The molecule has 0 bridgehead atoms. The number of hydrogen-bond acceptors (Lipinski definition) is 2. The molecule has 0 atom stereocenters. The number of rotatable bonds is 3. The summed E-state index contributed by atoms with van der Waals surface area (Å²) in [5, 5.41) is 11.0. The monoisotopic (exact) mass is 275 g/mol. The number of carbonyl (C=O) groups excluding carboxylic acids is 1. The number of carboxylic acids is 1. The topological polar surface area (TPSA) is 66.4 Å². The maximum absolute atomic E-state index is 13.1. The average molecular weight is 276 g/mol. The zero-order chi connectivity index (χ0) is 11.4. The van der Waals surface area contributed by atoms with Crippen molar-refractivity contribution in [1.82, 2.24) is 0 Å². The first-order valence-corrected chi connectivity index (χ1v) is 5.06. The summed E-state index contributed by atoms with van der Waals surface area (Å²) in [6.45, 7) is 0. The molecule has 80 valence electrons. The fourth-order valence-electron chi connectivity index (χ4n) is 1.03. The first-order valence-electron chi connectivity index (χ1n) is 3.94. The summed E-state index contributed by atoms with van der Waals surface area (Å²) in [6, 6.07) is 3.67. The van der Waals surface area contributed by atoms with E-state index in [1.54, 1.807) is 0 Å². The predicted molar refractivity (Wildman–Crippen MR) is 55.8 cm³/mol. The summed E-state index contributed by atoms with van der Waals surface area (Å²) in [5.74, 6) is -2.74. The molecule has 0 aliphatic carbocycles. The number of aromatic carboxylic acids is 1. The van der Waals surface area contributed by atoms with Gasteiger partial charge in [-0.3, -0.25) is 4.79 Å². The molecule has 2 N–H and O–H groups in total. The first-order chi connectivity index (χ1) is 7.06. The van der Waals surface area contributed by atoms with E-state index in [2.05, 4.69) is 21.2 Å². The molecule has 1 amide bonds. The molecule has 0 fully saturated rings. The summed E-state index contributed by atoms with van der Waals surface area (Å²) < 4.78 is 13.1. The van der Waals surface area contributed by atoms with Crippen LogP contribution in [0.5, 0.6) is 0 Å². The molecule has 15 heavy (non-hydrogen) atoms. The molecule has 0 unspecified atom stereocenters. The molecule has 0 spiro atoms. The zero-order valence-corrected chi connectivity index (χ0v) is 9.04. The number of halogens is 2. The molecule has 1 aromatic carbocycles. The van der Waals surface area contributed by atoms with Crippen molar-refractivity contribution in [2.24, 2.45) is 0 Å². The molecule has 1 aromatic rings. The van der Waals surface area contributed by atoms with Crippen molar-refractivity contribution in [2.75, 3.05) is 10.6 Å². The SMILES string of the molecule is O=C(CBr)Nc1cccc(F)c1C(=O)O. The van der Waals surface area contributed by atoms with Gasteiger partial charge < -0.3 is 10.4 Å². The van der Waals surface area contributed by atoms with Gasteiger partial charge in [0.25, 0.3) is 0 Å². The summed E-state index contributed by atoms with van der Waals surface area (Å²) in [4.78, 5) is 21.7. The van der Waals surface area contributed by atoms with Crippen molar-refractivity contribution in [3.63, 3.8) is 0 Å². The van der Waals surface area contributed by atoms with Crippen LogP contribution >= 0.6 is 15.9 Å². The minimum atomic E-state index is -1.42. The average Bonchev–Trinajstić information content (AvgIpc) is 2.17. The minimum Gasteiger partial charge on any atom is -0.478 e. The van der Waals surface area contributed by atoms with Crippen molar-refractivity contribution in [2.45, 2.75) is 0 Å². The van der Waals surface area contributed by atoms with Crippen LogP contribution in [0.1, 0.15) is 10.4 Å². The number of amides is 1. The second-order valence-electron chi connectivity index (χ2n) is 2.65. The highest BCUT2D eigenvalue weighted by molar-refractivity contribution is 9.09. The molecule has 0 saturated heterocycles. The standard InChI is InChI=1S/C9H7BrFNO3/c10-4-7(13)12-6-3-1-2-5(11)8(6)9(14)15/h1-3H,4H2,(H,12,13)(H,14,15). The van der Waals surface area contributed by atoms with E-state index in [0.29, 0.717) is 0 Å². The molecule has 0 saturated carbocycles. The third kappa shape index (κ3) is 2.76. The largest absolute Gasteiger partial charge is 0.478 e. The van der Waals surface area contributed by atoms with Gasteiger partial charge in [-0.2, -0.15) is 0 Å². The normalized spacial score (nSPS) is 9.73. The number of nitrogens with one attached hydrogen (secondary N) is 1. The lowest BCUT2D eigenvalue weighted by molar-refractivity contribution is -0.113. The van der Waals surface area contributed by atoms with Gasteiger partial charge in [-0.1, -0.05) is 22.0 Å². The number of carbonyl (C=O) groups is 2. The maximum Gasteiger partial charge on any atom is 0.340 e. The van der Waals surface area contributed by atoms with Crippen LogP contribution in [0.25, 0.3) is 0 Å². The molecule has 0 aliphatic heterocycles. The highest BCUT2D eigenvalue weighted by Gasteiger charge is 2.16. The fraction of sp³-hybridized carbons (Fsp3) is 0.111. The Labute approximate surface area is 93.2 Å². The molecule has 0 aromatic heterocycles. The highest BCUT2D eigenvalue weighted by atomic mass is 79.9. The molecule has 0 radical (unpaired) electrons. The van der Waals surface area contributed by atoms with E-state index in [0.717, 1.165) is 6.07 Å². The Morgan fingerprint density at radius 1 is 1.47 bits per heavy atom. The van der Waals surface area contributed by atoms with Gasteiger partial charge in [0.1, 0.15) is 11.4 Å². The number of hydrogen-bond donors (Lipinski definition) is 2.